The summed E-state index contributed by atoms with van der Waals surface area (Å²) in [5, 5.41) is 7.30. The van der Waals surface area contributed by atoms with Gasteiger partial charge in [-0.15, -0.1) is 0 Å². The van der Waals surface area contributed by atoms with Gasteiger partial charge >= 0.3 is 0 Å². The van der Waals surface area contributed by atoms with Crippen molar-refractivity contribution in [3.63, 3.8) is 0 Å². The minimum absolute atomic E-state index is 0.478. The molecule has 1 fully saturated rings. The van der Waals surface area contributed by atoms with Gasteiger partial charge in [-0.3, -0.25) is 10.00 Å². The average molecular weight is 301 g/mol. The number of nitrogens with one attached hydrogen (secondary N) is 1. The first-order chi connectivity index (χ1) is 10.6. The van der Waals surface area contributed by atoms with Crippen molar-refractivity contribution < 1.29 is 0 Å². The number of likely N-dealkylation sites (tertiary alicyclic amines) is 1. The highest BCUT2D eigenvalue weighted by Crippen LogP contribution is 2.23. The second-order valence-corrected chi connectivity index (χ2v) is 6.82. The number of aromatic nitrogens is 4. The Morgan fingerprint density at radius 1 is 1.41 bits per heavy atom. The van der Waals surface area contributed by atoms with E-state index in [0.717, 1.165) is 25.4 Å². The lowest BCUT2D eigenvalue weighted by Gasteiger charge is -2.32. The van der Waals surface area contributed by atoms with Crippen molar-refractivity contribution in [3.05, 3.63) is 35.7 Å². The van der Waals surface area contributed by atoms with E-state index in [0.29, 0.717) is 6.04 Å². The van der Waals surface area contributed by atoms with Gasteiger partial charge in [0.1, 0.15) is 5.82 Å². The molecule has 0 bridgehead atoms. The molecule has 2 aromatic heterocycles. The van der Waals surface area contributed by atoms with Gasteiger partial charge in [-0.2, -0.15) is 5.10 Å². The third-order valence-corrected chi connectivity index (χ3v) is 4.70. The van der Waals surface area contributed by atoms with Crippen LogP contribution in [0.1, 0.15) is 49.8 Å². The fourth-order valence-corrected chi connectivity index (χ4v) is 3.47. The molecule has 1 saturated heterocycles. The fourth-order valence-electron chi connectivity index (χ4n) is 3.47. The van der Waals surface area contributed by atoms with Gasteiger partial charge in [0.2, 0.25) is 0 Å². The van der Waals surface area contributed by atoms with Gasteiger partial charge < -0.3 is 4.57 Å². The summed E-state index contributed by atoms with van der Waals surface area (Å²) in [6, 6.07) is 0.478. The molecule has 0 radical (unpaired) electrons. The largest absolute Gasteiger partial charge is 0.331 e. The van der Waals surface area contributed by atoms with Crippen LogP contribution in [0, 0.1) is 12.8 Å². The number of imidazole rings is 1. The molecule has 0 aliphatic carbocycles. The van der Waals surface area contributed by atoms with E-state index in [4.69, 9.17) is 0 Å². The minimum Gasteiger partial charge on any atom is -0.331 e. The Kier molecular flexibility index (Phi) is 4.62. The molecule has 0 saturated carbocycles. The molecule has 3 rings (SSSR count). The molecule has 2 aromatic rings. The second kappa shape index (κ2) is 6.65. The zero-order valence-electron chi connectivity index (χ0n) is 13.9. The molecule has 3 heterocycles. The Morgan fingerprint density at radius 3 is 3.00 bits per heavy atom. The summed E-state index contributed by atoms with van der Waals surface area (Å²) in [7, 11) is 0. The third-order valence-electron chi connectivity index (χ3n) is 4.70. The first-order valence-corrected chi connectivity index (χ1v) is 8.36. The number of piperidine rings is 1. The summed E-state index contributed by atoms with van der Waals surface area (Å²) >= 11 is 0. The highest BCUT2D eigenvalue weighted by molar-refractivity contribution is 5.14. The van der Waals surface area contributed by atoms with Crippen LogP contribution in [-0.2, 0) is 13.0 Å². The predicted octanol–water partition coefficient (Wildman–Crippen LogP) is 2.95. The maximum absolute atomic E-state index is 4.55. The number of aryl methyl sites for hydroxylation is 1. The smallest absolute Gasteiger partial charge is 0.123 e. The summed E-state index contributed by atoms with van der Waals surface area (Å²) in [6.07, 6.45) is 9.64. The Hall–Kier alpha value is -1.62. The van der Waals surface area contributed by atoms with Crippen LogP contribution in [0.5, 0.6) is 0 Å². The summed E-state index contributed by atoms with van der Waals surface area (Å²) in [4.78, 5) is 7.11. The van der Waals surface area contributed by atoms with Crippen molar-refractivity contribution in [2.24, 2.45) is 5.92 Å². The highest BCUT2D eigenvalue weighted by atomic mass is 15.2. The molecular formula is C17H27N5. The van der Waals surface area contributed by atoms with Crippen LogP contribution in [0.4, 0.5) is 0 Å². The molecule has 1 aliphatic rings. The lowest BCUT2D eigenvalue weighted by molar-refractivity contribution is 0.160. The molecule has 1 atom stereocenters. The van der Waals surface area contributed by atoms with Gasteiger partial charge in [0, 0.05) is 30.7 Å². The van der Waals surface area contributed by atoms with Gasteiger partial charge in [0.25, 0.3) is 0 Å². The molecule has 5 heteroatoms. The number of rotatable bonds is 5. The van der Waals surface area contributed by atoms with Crippen LogP contribution >= 0.6 is 0 Å². The Balaban J connectivity index is 1.61. The zero-order valence-corrected chi connectivity index (χ0v) is 13.9. The van der Waals surface area contributed by atoms with Crippen molar-refractivity contribution in [1.29, 1.82) is 0 Å². The Morgan fingerprint density at radius 2 is 2.27 bits per heavy atom. The number of aromatic amines is 1. The standard InChI is InChI=1S/C17H27N5/c1-13(2)22-8-6-18-17(22)12-21-7-4-5-15(11-21)9-16-14(3)10-19-20-16/h6,8,10,13,15H,4-5,7,9,11-12H2,1-3H3,(H,19,20)/t15-/m0/s1. The summed E-state index contributed by atoms with van der Waals surface area (Å²) in [5.74, 6) is 1.91. The van der Waals surface area contributed by atoms with Gasteiger partial charge in [-0.05, 0) is 58.1 Å². The summed E-state index contributed by atoms with van der Waals surface area (Å²) in [5.41, 5.74) is 2.59. The normalized spacial score (nSPS) is 19.9. The van der Waals surface area contributed by atoms with Crippen LogP contribution in [0.2, 0.25) is 0 Å². The Bertz CT molecular complexity index is 598. The van der Waals surface area contributed by atoms with E-state index in [1.165, 1.54) is 36.5 Å². The molecule has 0 unspecified atom stereocenters. The lowest BCUT2D eigenvalue weighted by Crippen LogP contribution is -2.36. The molecule has 22 heavy (non-hydrogen) atoms. The van der Waals surface area contributed by atoms with Crippen LogP contribution in [0.3, 0.4) is 0 Å². The van der Waals surface area contributed by atoms with E-state index < -0.39 is 0 Å². The third kappa shape index (κ3) is 3.40. The van der Waals surface area contributed by atoms with Crippen LogP contribution in [0.25, 0.3) is 0 Å². The van der Waals surface area contributed by atoms with Crippen molar-refractivity contribution in [2.45, 2.75) is 52.6 Å². The van der Waals surface area contributed by atoms with E-state index >= 15 is 0 Å². The van der Waals surface area contributed by atoms with Gasteiger partial charge in [-0.1, -0.05) is 0 Å². The number of hydrogen-bond acceptors (Lipinski definition) is 3. The molecule has 0 amide bonds. The average Bonchev–Trinajstić information content (AvgIpc) is 3.09. The number of H-pyrrole nitrogens is 1. The predicted molar refractivity (Wildman–Crippen MR) is 87.6 cm³/mol. The maximum atomic E-state index is 4.55. The van der Waals surface area contributed by atoms with Crippen LogP contribution < -0.4 is 0 Å². The number of hydrogen-bond donors (Lipinski definition) is 1. The molecule has 0 aromatic carbocycles. The molecule has 5 nitrogen and oxygen atoms in total. The Labute approximate surface area is 132 Å². The summed E-state index contributed by atoms with van der Waals surface area (Å²) < 4.78 is 2.28. The topological polar surface area (TPSA) is 49.7 Å². The van der Waals surface area contributed by atoms with Gasteiger partial charge in [0.05, 0.1) is 12.7 Å². The van der Waals surface area contributed by atoms with Gasteiger partial charge in [0.15, 0.2) is 0 Å². The fraction of sp³-hybridized carbons (Fsp3) is 0.647. The molecule has 1 N–H and O–H groups in total. The monoisotopic (exact) mass is 301 g/mol. The first-order valence-electron chi connectivity index (χ1n) is 8.36. The van der Waals surface area contributed by atoms with Gasteiger partial charge in [-0.25, -0.2) is 4.98 Å². The number of nitrogens with zero attached hydrogens (tertiary/aromatic N) is 4. The van der Waals surface area contributed by atoms with E-state index in [2.05, 4.69) is 51.6 Å². The van der Waals surface area contributed by atoms with Crippen molar-refractivity contribution in [2.75, 3.05) is 13.1 Å². The minimum atomic E-state index is 0.478. The van der Waals surface area contributed by atoms with Crippen molar-refractivity contribution in [3.8, 4) is 0 Å². The second-order valence-electron chi connectivity index (χ2n) is 6.82. The lowest BCUT2D eigenvalue weighted by atomic mass is 9.92. The molecule has 0 spiro atoms. The van der Waals surface area contributed by atoms with Crippen LogP contribution in [-0.4, -0.2) is 37.7 Å². The van der Waals surface area contributed by atoms with E-state index in [1.807, 2.05) is 12.4 Å². The maximum Gasteiger partial charge on any atom is 0.123 e. The van der Waals surface area contributed by atoms with Crippen molar-refractivity contribution in [1.82, 2.24) is 24.6 Å². The molecule has 120 valence electrons. The van der Waals surface area contributed by atoms with Crippen LogP contribution in [0.15, 0.2) is 18.6 Å². The van der Waals surface area contributed by atoms with Crippen molar-refractivity contribution >= 4 is 0 Å². The SMILES string of the molecule is Cc1cn[nH]c1C[C@@H]1CCCN(Cc2nccn2C(C)C)C1. The molecule has 1 aliphatic heterocycles. The molecular weight excluding hydrogens is 274 g/mol. The van der Waals surface area contributed by atoms with E-state index in [9.17, 15) is 0 Å². The quantitative estimate of drug-likeness (QED) is 0.923. The zero-order chi connectivity index (χ0) is 15.5. The highest BCUT2D eigenvalue weighted by Gasteiger charge is 2.22. The summed E-state index contributed by atoms with van der Waals surface area (Å²) in [6.45, 7) is 9.87. The van der Waals surface area contributed by atoms with E-state index in [1.54, 1.807) is 0 Å². The van der Waals surface area contributed by atoms with E-state index in [-0.39, 0.29) is 0 Å². The first kappa shape index (κ1) is 15.3.